The molecule has 0 radical (unpaired) electrons. The monoisotopic (exact) mass is 316 g/mol. The molecule has 1 aliphatic rings. The van der Waals surface area contributed by atoms with E-state index in [2.05, 4.69) is 27.4 Å². The first kappa shape index (κ1) is 12.9. The van der Waals surface area contributed by atoms with Gasteiger partial charge in [-0.1, -0.05) is 33.6 Å². The fourth-order valence-corrected chi connectivity index (χ4v) is 2.75. The van der Waals surface area contributed by atoms with E-state index in [1.807, 2.05) is 18.2 Å². The maximum absolute atomic E-state index is 5.92. The van der Waals surface area contributed by atoms with Gasteiger partial charge in [0, 0.05) is 9.50 Å². The Morgan fingerprint density at radius 2 is 2.29 bits per heavy atom. The fraction of sp³-hybridized carbons (Fsp3) is 0.333. The van der Waals surface area contributed by atoms with Gasteiger partial charge in [-0.3, -0.25) is 5.84 Å². The molecule has 92 valence electrons. The molecule has 0 amide bonds. The first-order valence-corrected chi connectivity index (χ1v) is 6.63. The molecule has 0 bridgehead atoms. The summed E-state index contributed by atoms with van der Waals surface area (Å²) >= 11 is 9.42. The lowest BCUT2D eigenvalue weighted by Gasteiger charge is -2.24. The lowest BCUT2D eigenvalue weighted by atomic mass is 10.0. The molecule has 0 fully saturated rings. The van der Waals surface area contributed by atoms with Crippen LogP contribution in [0.4, 0.5) is 0 Å². The molecule has 1 aliphatic heterocycles. The second-order valence-corrected chi connectivity index (χ2v) is 5.15. The summed E-state index contributed by atoms with van der Waals surface area (Å²) in [5.74, 6) is 6.49. The van der Waals surface area contributed by atoms with Crippen LogP contribution in [0.2, 0.25) is 5.02 Å². The zero-order valence-corrected chi connectivity index (χ0v) is 11.6. The summed E-state index contributed by atoms with van der Waals surface area (Å²) in [6.45, 7) is 0.745. The highest BCUT2D eigenvalue weighted by atomic mass is 79.9. The quantitative estimate of drug-likeness (QED) is 0.664. The van der Waals surface area contributed by atoms with Crippen molar-refractivity contribution in [1.29, 1.82) is 0 Å². The summed E-state index contributed by atoms with van der Waals surface area (Å²) in [5, 5.41) is 0.690. The first-order valence-electron chi connectivity index (χ1n) is 5.46. The molecule has 5 heteroatoms. The van der Waals surface area contributed by atoms with E-state index < -0.39 is 0 Å². The number of hydrogen-bond acceptors (Lipinski definition) is 3. The Morgan fingerprint density at radius 3 is 2.88 bits per heavy atom. The van der Waals surface area contributed by atoms with Crippen molar-refractivity contribution in [3.05, 3.63) is 45.1 Å². The number of hydrazine groups is 1. The maximum atomic E-state index is 5.92. The van der Waals surface area contributed by atoms with Gasteiger partial charge in [0.25, 0.3) is 0 Å². The fourth-order valence-electron chi connectivity index (χ4n) is 1.84. The summed E-state index contributed by atoms with van der Waals surface area (Å²) in [6.07, 6.45) is 4.16. The van der Waals surface area contributed by atoms with Gasteiger partial charge in [0.1, 0.15) is 11.8 Å². The highest BCUT2D eigenvalue weighted by Gasteiger charge is 2.20. The Balaban J connectivity index is 2.31. The Kier molecular flexibility index (Phi) is 4.45. The SMILES string of the molecule is NNC(C1=CCCCO1)c1ccc(Cl)cc1Br. The third-order valence-corrected chi connectivity index (χ3v) is 3.61. The molecular weight excluding hydrogens is 304 g/mol. The van der Waals surface area contributed by atoms with Crippen LogP contribution in [-0.4, -0.2) is 6.61 Å². The summed E-state index contributed by atoms with van der Waals surface area (Å²) < 4.78 is 6.55. The molecule has 1 heterocycles. The van der Waals surface area contributed by atoms with Crippen LogP contribution in [0.3, 0.4) is 0 Å². The molecule has 17 heavy (non-hydrogen) atoms. The molecule has 3 nitrogen and oxygen atoms in total. The summed E-state index contributed by atoms with van der Waals surface area (Å²) in [4.78, 5) is 0. The van der Waals surface area contributed by atoms with Crippen molar-refractivity contribution in [2.45, 2.75) is 18.9 Å². The van der Waals surface area contributed by atoms with Crippen molar-refractivity contribution in [1.82, 2.24) is 5.43 Å². The van der Waals surface area contributed by atoms with E-state index in [4.69, 9.17) is 22.2 Å². The van der Waals surface area contributed by atoms with Gasteiger partial charge in [0.15, 0.2) is 0 Å². The number of ether oxygens (including phenoxy) is 1. The van der Waals surface area contributed by atoms with Crippen molar-refractivity contribution in [3.63, 3.8) is 0 Å². The molecule has 0 saturated carbocycles. The maximum Gasteiger partial charge on any atom is 0.115 e. The van der Waals surface area contributed by atoms with Crippen LogP contribution < -0.4 is 11.3 Å². The van der Waals surface area contributed by atoms with Gasteiger partial charge >= 0.3 is 0 Å². The van der Waals surface area contributed by atoms with Gasteiger partial charge in [0.05, 0.1) is 6.61 Å². The topological polar surface area (TPSA) is 47.3 Å². The number of rotatable bonds is 3. The average Bonchev–Trinajstić information content (AvgIpc) is 2.34. The van der Waals surface area contributed by atoms with E-state index in [1.54, 1.807) is 0 Å². The van der Waals surface area contributed by atoms with Gasteiger partial charge in [-0.15, -0.1) is 0 Å². The van der Waals surface area contributed by atoms with Crippen LogP contribution in [0.1, 0.15) is 24.4 Å². The van der Waals surface area contributed by atoms with Gasteiger partial charge in [0.2, 0.25) is 0 Å². The Labute approximate surface area is 114 Å². The number of nitrogens with two attached hydrogens (primary N) is 1. The van der Waals surface area contributed by atoms with E-state index in [0.29, 0.717) is 5.02 Å². The molecule has 1 aromatic carbocycles. The lowest BCUT2D eigenvalue weighted by molar-refractivity contribution is 0.167. The standard InChI is InChI=1S/C12H14BrClN2O/c13-10-7-8(14)4-5-9(10)12(16-15)11-3-1-2-6-17-11/h3-5,7,12,16H,1-2,6,15H2. The number of halogens is 2. The minimum absolute atomic E-state index is 0.137. The molecule has 1 unspecified atom stereocenters. The van der Waals surface area contributed by atoms with E-state index in [9.17, 15) is 0 Å². The van der Waals surface area contributed by atoms with Crippen molar-refractivity contribution >= 4 is 27.5 Å². The summed E-state index contributed by atoms with van der Waals surface area (Å²) in [6, 6.07) is 5.50. The van der Waals surface area contributed by atoms with Crippen LogP contribution in [0.5, 0.6) is 0 Å². The molecule has 1 atom stereocenters. The smallest absolute Gasteiger partial charge is 0.115 e. The molecule has 0 aliphatic carbocycles. The zero-order valence-electron chi connectivity index (χ0n) is 9.25. The Morgan fingerprint density at radius 1 is 1.47 bits per heavy atom. The van der Waals surface area contributed by atoms with E-state index in [-0.39, 0.29) is 6.04 Å². The average molecular weight is 318 g/mol. The van der Waals surface area contributed by atoms with E-state index in [0.717, 1.165) is 35.2 Å². The highest BCUT2D eigenvalue weighted by Crippen LogP contribution is 2.32. The van der Waals surface area contributed by atoms with Crippen LogP contribution in [0.15, 0.2) is 34.5 Å². The van der Waals surface area contributed by atoms with Crippen LogP contribution >= 0.6 is 27.5 Å². The van der Waals surface area contributed by atoms with Crippen molar-refractivity contribution in [2.75, 3.05) is 6.61 Å². The second-order valence-electron chi connectivity index (χ2n) is 3.86. The van der Waals surface area contributed by atoms with Crippen LogP contribution in [-0.2, 0) is 4.74 Å². The molecule has 0 spiro atoms. The second kappa shape index (κ2) is 5.87. The van der Waals surface area contributed by atoms with Crippen molar-refractivity contribution in [3.8, 4) is 0 Å². The minimum atomic E-state index is -0.137. The van der Waals surface area contributed by atoms with E-state index >= 15 is 0 Å². The third kappa shape index (κ3) is 3.01. The predicted molar refractivity (Wildman–Crippen MR) is 72.5 cm³/mol. The van der Waals surface area contributed by atoms with Gasteiger partial charge in [-0.25, -0.2) is 5.43 Å². The zero-order chi connectivity index (χ0) is 12.3. The number of benzene rings is 1. The largest absolute Gasteiger partial charge is 0.496 e. The molecular formula is C12H14BrClN2O. The van der Waals surface area contributed by atoms with Gasteiger partial charge in [-0.2, -0.15) is 0 Å². The predicted octanol–water partition coefficient (Wildman–Crippen LogP) is 3.30. The van der Waals surface area contributed by atoms with E-state index in [1.165, 1.54) is 0 Å². The van der Waals surface area contributed by atoms with Crippen LogP contribution in [0, 0.1) is 0 Å². The Bertz CT molecular complexity index is 437. The highest BCUT2D eigenvalue weighted by molar-refractivity contribution is 9.10. The Hall–Kier alpha value is -0.550. The number of allylic oxidation sites excluding steroid dienone is 1. The van der Waals surface area contributed by atoms with Crippen LogP contribution in [0.25, 0.3) is 0 Å². The van der Waals surface area contributed by atoms with Gasteiger partial charge in [-0.05, 0) is 36.6 Å². The number of hydrogen-bond donors (Lipinski definition) is 2. The summed E-state index contributed by atoms with van der Waals surface area (Å²) in [7, 11) is 0. The summed E-state index contributed by atoms with van der Waals surface area (Å²) in [5.41, 5.74) is 3.80. The first-order chi connectivity index (χ1) is 8.22. The molecule has 0 aromatic heterocycles. The normalized spacial score (nSPS) is 17.2. The van der Waals surface area contributed by atoms with Crippen molar-refractivity contribution in [2.24, 2.45) is 5.84 Å². The molecule has 1 aromatic rings. The molecule has 2 rings (SSSR count). The number of nitrogens with one attached hydrogen (secondary N) is 1. The van der Waals surface area contributed by atoms with Crippen molar-refractivity contribution < 1.29 is 4.74 Å². The molecule has 0 saturated heterocycles. The lowest BCUT2D eigenvalue weighted by Crippen LogP contribution is -2.31. The third-order valence-electron chi connectivity index (χ3n) is 2.69. The molecule has 3 N–H and O–H groups in total. The van der Waals surface area contributed by atoms with Gasteiger partial charge < -0.3 is 4.74 Å². The minimum Gasteiger partial charge on any atom is -0.496 e.